The average molecular weight is 322 g/mol. The van der Waals surface area contributed by atoms with E-state index in [2.05, 4.69) is 21.0 Å². The van der Waals surface area contributed by atoms with Crippen molar-refractivity contribution < 1.29 is 0 Å². The van der Waals surface area contributed by atoms with Gasteiger partial charge < -0.3 is 5.73 Å². The summed E-state index contributed by atoms with van der Waals surface area (Å²) in [6.07, 6.45) is 4.67. The van der Waals surface area contributed by atoms with E-state index in [4.69, 9.17) is 5.73 Å². The Morgan fingerprint density at radius 3 is 2.47 bits per heavy atom. The second-order valence-electron chi connectivity index (χ2n) is 5.04. The lowest BCUT2D eigenvalue weighted by molar-refractivity contribution is 0.678. The Labute approximate surface area is 119 Å². The third kappa shape index (κ3) is 2.23. The number of halogens is 1. The Kier molecular flexibility index (Phi) is 3.22. The van der Waals surface area contributed by atoms with Crippen LogP contribution in [-0.2, 0) is 0 Å². The minimum Gasteiger partial charge on any atom is -0.393 e. The van der Waals surface area contributed by atoms with E-state index in [1.807, 2.05) is 24.3 Å². The zero-order chi connectivity index (χ0) is 13.4. The molecule has 1 aliphatic rings. The summed E-state index contributed by atoms with van der Waals surface area (Å²) in [4.78, 5) is 12.2. The molecule has 0 saturated heterocycles. The highest BCUT2D eigenvalue weighted by molar-refractivity contribution is 9.10. The van der Waals surface area contributed by atoms with E-state index in [0.29, 0.717) is 11.6 Å². The summed E-state index contributed by atoms with van der Waals surface area (Å²) in [5.74, 6) is 0.407. The molecule has 0 amide bonds. The van der Waals surface area contributed by atoms with Crippen molar-refractivity contribution >= 4 is 21.6 Å². The molecule has 1 saturated carbocycles. The molecule has 3 N–H and O–H groups in total. The molecule has 1 heterocycles. The van der Waals surface area contributed by atoms with Gasteiger partial charge in [0.2, 0.25) is 0 Å². The molecule has 1 aromatic carbocycles. The molecular weight excluding hydrogens is 306 g/mol. The third-order valence-electron chi connectivity index (χ3n) is 3.80. The number of nitrogens with two attached hydrogens (primary N) is 1. The lowest BCUT2D eigenvalue weighted by Gasteiger charge is -2.07. The smallest absolute Gasteiger partial charge is 0.294 e. The number of H-pyrrole nitrogens is 1. The highest BCUT2D eigenvalue weighted by Gasteiger charge is 2.23. The fraction of sp³-hybridized carbons (Fsp3) is 0.357. The number of rotatable bonds is 2. The topological polar surface area (TPSA) is 63.8 Å². The first kappa shape index (κ1) is 12.5. The van der Waals surface area contributed by atoms with E-state index in [1.165, 1.54) is 17.5 Å². The van der Waals surface area contributed by atoms with Gasteiger partial charge >= 0.3 is 0 Å². The third-order valence-corrected chi connectivity index (χ3v) is 4.33. The second kappa shape index (κ2) is 4.89. The van der Waals surface area contributed by atoms with Gasteiger partial charge in [-0.3, -0.25) is 9.89 Å². The van der Waals surface area contributed by atoms with E-state index in [9.17, 15) is 4.79 Å². The van der Waals surface area contributed by atoms with Crippen molar-refractivity contribution in [1.29, 1.82) is 0 Å². The van der Waals surface area contributed by atoms with Gasteiger partial charge in [-0.15, -0.1) is 0 Å². The summed E-state index contributed by atoms with van der Waals surface area (Å²) in [6, 6.07) is 7.60. The fourth-order valence-corrected chi connectivity index (χ4v) is 3.03. The van der Waals surface area contributed by atoms with Crippen LogP contribution in [0.4, 0.5) is 5.69 Å². The van der Waals surface area contributed by atoms with Crippen molar-refractivity contribution in [2.75, 3.05) is 5.73 Å². The summed E-state index contributed by atoms with van der Waals surface area (Å²) < 4.78 is 2.52. The molecule has 100 valence electrons. The summed E-state index contributed by atoms with van der Waals surface area (Å²) in [7, 11) is 0. The lowest BCUT2D eigenvalue weighted by Crippen LogP contribution is -2.16. The molecule has 19 heavy (non-hydrogen) atoms. The van der Waals surface area contributed by atoms with E-state index >= 15 is 0 Å². The fourth-order valence-electron chi connectivity index (χ4n) is 2.76. The molecule has 1 aliphatic carbocycles. The van der Waals surface area contributed by atoms with Gasteiger partial charge in [0.25, 0.3) is 5.56 Å². The number of nitrogen functional groups attached to an aromatic ring is 1. The number of anilines is 1. The number of benzene rings is 1. The van der Waals surface area contributed by atoms with Crippen LogP contribution < -0.4 is 11.3 Å². The lowest BCUT2D eigenvalue weighted by atomic mass is 10.0. The van der Waals surface area contributed by atoms with Gasteiger partial charge in [-0.2, -0.15) is 0 Å². The zero-order valence-electron chi connectivity index (χ0n) is 10.5. The molecule has 5 heteroatoms. The molecule has 4 nitrogen and oxygen atoms in total. The molecule has 1 fully saturated rings. The van der Waals surface area contributed by atoms with E-state index in [-0.39, 0.29) is 5.56 Å². The Morgan fingerprint density at radius 1 is 1.21 bits per heavy atom. The van der Waals surface area contributed by atoms with Crippen molar-refractivity contribution in [2.24, 2.45) is 0 Å². The van der Waals surface area contributed by atoms with Crippen LogP contribution in [0.15, 0.2) is 33.5 Å². The maximum Gasteiger partial charge on any atom is 0.294 e. The molecule has 0 radical (unpaired) electrons. The first-order chi connectivity index (χ1) is 9.16. The average Bonchev–Trinajstić information content (AvgIpc) is 3.02. The van der Waals surface area contributed by atoms with Crippen LogP contribution in [0, 0.1) is 0 Å². The number of nitrogens with zero attached hydrogens (tertiary/aromatic N) is 1. The normalized spacial score (nSPS) is 16.1. The zero-order valence-corrected chi connectivity index (χ0v) is 12.1. The van der Waals surface area contributed by atoms with Gasteiger partial charge in [0.05, 0.1) is 11.4 Å². The Bertz CT molecular complexity index is 636. The number of hydrogen-bond donors (Lipinski definition) is 2. The molecule has 0 aliphatic heterocycles. The van der Waals surface area contributed by atoms with Gasteiger partial charge in [0, 0.05) is 10.4 Å². The molecule has 0 bridgehead atoms. The standard InChI is InChI=1S/C14H16BrN3O/c15-10-5-7-11(8-6-10)18-14(19)12(16)13(17-18)9-3-1-2-4-9/h5-9,17H,1-4,16H2. The minimum atomic E-state index is -0.149. The monoisotopic (exact) mass is 321 g/mol. The SMILES string of the molecule is Nc1c(C2CCCC2)[nH]n(-c2ccc(Br)cc2)c1=O. The maximum atomic E-state index is 12.2. The molecule has 0 unspecified atom stereocenters. The van der Waals surface area contributed by atoms with E-state index in [1.54, 1.807) is 0 Å². The molecule has 2 aromatic rings. The van der Waals surface area contributed by atoms with Crippen molar-refractivity contribution in [3.63, 3.8) is 0 Å². The largest absolute Gasteiger partial charge is 0.393 e. The quantitative estimate of drug-likeness (QED) is 0.892. The van der Waals surface area contributed by atoms with Gasteiger partial charge in [-0.25, -0.2) is 4.68 Å². The Balaban J connectivity index is 2.05. The van der Waals surface area contributed by atoms with Crippen molar-refractivity contribution in [2.45, 2.75) is 31.6 Å². The van der Waals surface area contributed by atoms with Crippen molar-refractivity contribution in [3.8, 4) is 5.69 Å². The minimum absolute atomic E-state index is 0.149. The molecule has 1 aromatic heterocycles. The predicted molar refractivity (Wildman–Crippen MR) is 79.7 cm³/mol. The summed E-state index contributed by atoms with van der Waals surface area (Å²) in [6.45, 7) is 0. The Hall–Kier alpha value is -1.49. The van der Waals surface area contributed by atoms with Crippen LogP contribution in [0.5, 0.6) is 0 Å². The van der Waals surface area contributed by atoms with E-state index in [0.717, 1.165) is 28.7 Å². The number of hydrogen-bond acceptors (Lipinski definition) is 2. The highest BCUT2D eigenvalue weighted by Crippen LogP contribution is 2.35. The summed E-state index contributed by atoms with van der Waals surface area (Å²) >= 11 is 3.39. The van der Waals surface area contributed by atoms with Crippen LogP contribution in [0.3, 0.4) is 0 Å². The molecular formula is C14H16BrN3O. The predicted octanol–water partition coefficient (Wildman–Crippen LogP) is 3.17. The summed E-state index contributed by atoms with van der Waals surface area (Å²) in [5.41, 5.74) is 7.92. The summed E-state index contributed by atoms with van der Waals surface area (Å²) in [5, 5.41) is 3.19. The number of nitrogens with one attached hydrogen (secondary N) is 1. The van der Waals surface area contributed by atoms with Gasteiger partial charge in [0.15, 0.2) is 0 Å². The first-order valence-corrected chi connectivity index (χ1v) is 7.32. The van der Waals surface area contributed by atoms with Crippen LogP contribution in [-0.4, -0.2) is 9.78 Å². The molecule has 0 spiro atoms. The van der Waals surface area contributed by atoms with Crippen LogP contribution in [0.2, 0.25) is 0 Å². The van der Waals surface area contributed by atoms with Crippen LogP contribution >= 0.6 is 15.9 Å². The van der Waals surface area contributed by atoms with Crippen LogP contribution in [0.1, 0.15) is 37.3 Å². The number of aromatic nitrogens is 2. The number of aromatic amines is 1. The van der Waals surface area contributed by atoms with Crippen molar-refractivity contribution in [1.82, 2.24) is 9.78 Å². The van der Waals surface area contributed by atoms with Crippen LogP contribution in [0.25, 0.3) is 5.69 Å². The maximum absolute atomic E-state index is 12.2. The van der Waals surface area contributed by atoms with Gasteiger partial charge in [0.1, 0.15) is 5.69 Å². The van der Waals surface area contributed by atoms with E-state index < -0.39 is 0 Å². The molecule has 3 rings (SSSR count). The van der Waals surface area contributed by atoms with Gasteiger partial charge in [-0.05, 0) is 37.1 Å². The van der Waals surface area contributed by atoms with Crippen molar-refractivity contribution in [3.05, 3.63) is 44.8 Å². The Morgan fingerprint density at radius 2 is 1.84 bits per heavy atom. The first-order valence-electron chi connectivity index (χ1n) is 6.53. The molecule has 0 atom stereocenters. The van der Waals surface area contributed by atoms with Gasteiger partial charge in [-0.1, -0.05) is 28.8 Å². The highest BCUT2D eigenvalue weighted by atomic mass is 79.9. The second-order valence-corrected chi connectivity index (χ2v) is 5.95.